The van der Waals surface area contributed by atoms with Gasteiger partial charge in [-0.1, -0.05) is 0 Å². The van der Waals surface area contributed by atoms with Crippen LogP contribution in [0.5, 0.6) is 0 Å². The summed E-state index contributed by atoms with van der Waals surface area (Å²) in [5, 5.41) is 0. The van der Waals surface area contributed by atoms with Crippen LogP contribution in [0, 0.1) is 5.92 Å². The quantitative estimate of drug-likeness (QED) is 0.711. The molecule has 8 nitrogen and oxygen atoms in total. The lowest BCUT2D eigenvalue weighted by molar-refractivity contribution is -0.137. The van der Waals surface area contributed by atoms with E-state index in [0.717, 1.165) is 25.4 Å². The highest BCUT2D eigenvalue weighted by atomic mass is 32.2. The molecular formula is C18H25N3O5S. The average molecular weight is 395 g/mol. The van der Waals surface area contributed by atoms with Gasteiger partial charge >= 0.3 is 0 Å². The van der Waals surface area contributed by atoms with Crippen LogP contribution in [0.1, 0.15) is 18.6 Å². The zero-order chi connectivity index (χ0) is 19.0. The van der Waals surface area contributed by atoms with Gasteiger partial charge in [0.05, 0.1) is 30.2 Å². The van der Waals surface area contributed by atoms with E-state index in [1.54, 1.807) is 11.2 Å². The molecule has 3 fully saturated rings. The SMILES string of the molecule is O=C(C1CC(=O)N(C2CCS(=O)(=O)C2)C1)N1CCN(Cc2ccco2)CC1. The third kappa shape index (κ3) is 4.03. The first-order chi connectivity index (χ1) is 12.9. The van der Waals surface area contributed by atoms with Gasteiger partial charge in [-0.25, -0.2) is 8.42 Å². The van der Waals surface area contributed by atoms with Gasteiger partial charge in [-0.3, -0.25) is 14.5 Å². The first kappa shape index (κ1) is 18.5. The normalized spacial score (nSPS) is 28.8. The fourth-order valence-corrected chi connectivity index (χ4v) is 6.01. The molecule has 2 unspecified atom stereocenters. The number of carbonyl (C=O) groups excluding carboxylic acids is 2. The number of carbonyl (C=O) groups is 2. The molecule has 0 aromatic carbocycles. The highest BCUT2D eigenvalue weighted by Gasteiger charge is 2.43. The number of piperazine rings is 1. The van der Waals surface area contributed by atoms with Gasteiger partial charge in [-0.15, -0.1) is 0 Å². The summed E-state index contributed by atoms with van der Waals surface area (Å²) >= 11 is 0. The minimum absolute atomic E-state index is 0.0179. The second-order valence-electron chi connectivity index (χ2n) is 7.68. The highest BCUT2D eigenvalue weighted by Crippen LogP contribution is 2.27. The maximum absolute atomic E-state index is 12.8. The molecule has 0 N–H and O–H groups in total. The van der Waals surface area contributed by atoms with Gasteiger partial charge in [0.1, 0.15) is 5.76 Å². The van der Waals surface area contributed by atoms with Gasteiger partial charge in [0, 0.05) is 45.2 Å². The Morgan fingerprint density at radius 1 is 1.22 bits per heavy atom. The number of likely N-dealkylation sites (tertiary alicyclic amines) is 1. The van der Waals surface area contributed by atoms with E-state index < -0.39 is 9.84 Å². The summed E-state index contributed by atoms with van der Waals surface area (Å²) in [5.41, 5.74) is 0. The highest BCUT2D eigenvalue weighted by molar-refractivity contribution is 7.91. The number of hydrogen-bond donors (Lipinski definition) is 0. The standard InChI is InChI=1S/C18H25N3O5S/c22-17-10-14(11-21(17)15-3-9-27(24,25)13-15)18(23)20-6-4-19(5-7-20)12-16-2-1-8-26-16/h1-2,8,14-15H,3-7,9-13H2. The van der Waals surface area contributed by atoms with E-state index in [0.29, 0.717) is 26.1 Å². The lowest BCUT2D eigenvalue weighted by atomic mass is 10.1. The molecule has 4 rings (SSSR count). The van der Waals surface area contributed by atoms with Crippen molar-refractivity contribution >= 4 is 21.7 Å². The molecule has 2 atom stereocenters. The van der Waals surface area contributed by atoms with Crippen molar-refractivity contribution < 1.29 is 22.4 Å². The van der Waals surface area contributed by atoms with Gasteiger partial charge in [0.15, 0.2) is 9.84 Å². The summed E-state index contributed by atoms with van der Waals surface area (Å²) in [5.74, 6) is 0.662. The molecule has 27 heavy (non-hydrogen) atoms. The number of rotatable bonds is 4. The second kappa shape index (κ2) is 7.27. The molecule has 2 amide bonds. The Bertz CT molecular complexity index is 799. The number of hydrogen-bond acceptors (Lipinski definition) is 6. The zero-order valence-electron chi connectivity index (χ0n) is 15.2. The molecule has 3 saturated heterocycles. The number of furan rings is 1. The van der Waals surface area contributed by atoms with Gasteiger partial charge in [0.2, 0.25) is 11.8 Å². The largest absolute Gasteiger partial charge is 0.468 e. The zero-order valence-corrected chi connectivity index (χ0v) is 16.1. The van der Waals surface area contributed by atoms with Gasteiger partial charge in [-0.05, 0) is 18.6 Å². The molecule has 3 aliphatic heterocycles. The lowest BCUT2D eigenvalue weighted by Crippen LogP contribution is -2.50. The maximum atomic E-state index is 12.8. The number of sulfone groups is 1. The summed E-state index contributed by atoms with van der Waals surface area (Å²) in [7, 11) is -3.04. The summed E-state index contributed by atoms with van der Waals surface area (Å²) in [6.45, 7) is 3.92. The Morgan fingerprint density at radius 2 is 2.00 bits per heavy atom. The molecule has 3 aliphatic rings. The van der Waals surface area contributed by atoms with E-state index in [1.807, 2.05) is 17.0 Å². The van der Waals surface area contributed by atoms with Crippen LogP contribution in [-0.4, -0.2) is 85.2 Å². The molecule has 148 valence electrons. The Morgan fingerprint density at radius 3 is 2.63 bits per heavy atom. The fraction of sp³-hybridized carbons (Fsp3) is 0.667. The molecule has 1 aromatic rings. The minimum Gasteiger partial charge on any atom is -0.468 e. The minimum atomic E-state index is -3.04. The van der Waals surface area contributed by atoms with Crippen LogP contribution in [0.4, 0.5) is 0 Å². The van der Waals surface area contributed by atoms with Crippen LogP contribution in [-0.2, 0) is 26.0 Å². The van der Waals surface area contributed by atoms with Gasteiger partial charge in [0.25, 0.3) is 0 Å². The summed E-state index contributed by atoms with van der Waals surface area (Å²) in [6, 6.07) is 3.55. The Balaban J connectivity index is 1.29. The topological polar surface area (TPSA) is 91.1 Å². The molecule has 9 heteroatoms. The summed E-state index contributed by atoms with van der Waals surface area (Å²) in [6.07, 6.45) is 2.34. The van der Waals surface area contributed by atoms with Crippen molar-refractivity contribution in [2.75, 3.05) is 44.2 Å². The molecule has 0 spiro atoms. The van der Waals surface area contributed by atoms with Gasteiger partial charge < -0.3 is 14.2 Å². The van der Waals surface area contributed by atoms with Crippen LogP contribution in [0.25, 0.3) is 0 Å². The molecular weight excluding hydrogens is 370 g/mol. The van der Waals surface area contributed by atoms with Crippen LogP contribution in [0.15, 0.2) is 22.8 Å². The van der Waals surface area contributed by atoms with Crippen molar-refractivity contribution in [1.29, 1.82) is 0 Å². The van der Waals surface area contributed by atoms with Crippen molar-refractivity contribution in [3.05, 3.63) is 24.2 Å². The van der Waals surface area contributed by atoms with Crippen LogP contribution in [0.2, 0.25) is 0 Å². The van der Waals surface area contributed by atoms with Crippen molar-refractivity contribution in [3.63, 3.8) is 0 Å². The van der Waals surface area contributed by atoms with E-state index >= 15 is 0 Å². The molecule has 0 radical (unpaired) electrons. The van der Waals surface area contributed by atoms with Crippen LogP contribution in [0.3, 0.4) is 0 Å². The van der Waals surface area contributed by atoms with Crippen LogP contribution < -0.4 is 0 Å². The third-order valence-corrected chi connectivity index (χ3v) is 7.55. The predicted octanol–water partition coefficient (Wildman–Crippen LogP) is -0.0406. The van der Waals surface area contributed by atoms with E-state index in [2.05, 4.69) is 4.90 Å². The van der Waals surface area contributed by atoms with E-state index in [4.69, 9.17) is 4.42 Å². The monoisotopic (exact) mass is 395 g/mol. The first-order valence-corrected chi connectivity index (χ1v) is 11.3. The maximum Gasteiger partial charge on any atom is 0.228 e. The lowest BCUT2D eigenvalue weighted by Gasteiger charge is -2.35. The van der Waals surface area contributed by atoms with Crippen molar-refractivity contribution in [2.45, 2.75) is 25.4 Å². The Labute approximate surface area is 159 Å². The predicted molar refractivity (Wildman–Crippen MR) is 97.4 cm³/mol. The van der Waals surface area contributed by atoms with Crippen molar-refractivity contribution in [1.82, 2.24) is 14.7 Å². The number of nitrogens with zero attached hydrogens (tertiary/aromatic N) is 3. The smallest absolute Gasteiger partial charge is 0.228 e. The average Bonchev–Trinajstić information content (AvgIpc) is 3.35. The summed E-state index contributed by atoms with van der Waals surface area (Å²) in [4.78, 5) is 30.9. The molecule has 1 aromatic heterocycles. The number of amides is 2. The Hall–Kier alpha value is -1.87. The van der Waals surface area contributed by atoms with Crippen molar-refractivity contribution in [3.8, 4) is 0 Å². The van der Waals surface area contributed by atoms with Gasteiger partial charge in [-0.2, -0.15) is 0 Å². The Kier molecular flexibility index (Phi) is 4.98. The third-order valence-electron chi connectivity index (χ3n) is 5.80. The first-order valence-electron chi connectivity index (χ1n) is 9.45. The summed E-state index contributed by atoms with van der Waals surface area (Å²) < 4.78 is 28.7. The van der Waals surface area contributed by atoms with Crippen molar-refractivity contribution in [2.24, 2.45) is 5.92 Å². The second-order valence-corrected chi connectivity index (χ2v) is 9.91. The van der Waals surface area contributed by atoms with E-state index in [-0.39, 0.29) is 41.7 Å². The molecule has 0 bridgehead atoms. The van der Waals surface area contributed by atoms with E-state index in [1.165, 1.54) is 0 Å². The molecule has 0 saturated carbocycles. The molecule has 0 aliphatic carbocycles. The van der Waals surface area contributed by atoms with E-state index in [9.17, 15) is 18.0 Å². The fourth-order valence-electron chi connectivity index (χ4n) is 4.28. The van der Waals surface area contributed by atoms with Crippen LogP contribution >= 0.6 is 0 Å². The molecule has 4 heterocycles.